The van der Waals surface area contributed by atoms with E-state index in [0.717, 1.165) is 38.5 Å². The summed E-state index contributed by atoms with van der Waals surface area (Å²) in [5, 5.41) is 75.8. The molecule has 1 saturated heterocycles. The van der Waals surface area contributed by atoms with E-state index in [1.54, 1.807) is 0 Å². The van der Waals surface area contributed by atoms with Crippen LogP contribution in [-0.2, 0) is 14.3 Å². The molecule has 0 saturated carbocycles. The molecular weight excluding hydrogens is 895 g/mol. The van der Waals surface area contributed by atoms with Crippen molar-refractivity contribution in [1.29, 1.82) is 0 Å². The number of aliphatic hydroxyl groups is 7. The van der Waals surface area contributed by atoms with E-state index in [4.69, 9.17) is 9.47 Å². The average molecular weight is 1010 g/mol. The Kier molecular flexibility index (Phi) is 47.1. The van der Waals surface area contributed by atoms with Gasteiger partial charge in [-0.05, 0) is 64.2 Å². The third-order valence-corrected chi connectivity index (χ3v) is 14.7. The number of aliphatic hydroxyl groups excluding tert-OH is 7. The third kappa shape index (κ3) is 37.9. The van der Waals surface area contributed by atoms with Gasteiger partial charge < -0.3 is 50.5 Å². The monoisotopic (exact) mass is 1010 g/mol. The summed E-state index contributed by atoms with van der Waals surface area (Å²) in [7, 11) is 0. The molecule has 1 rings (SSSR count). The lowest BCUT2D eigenvalue weighted by molar-refractivity contribution is -0.303. The largest absolute Gasteiger partial charge is 0.394 e. The highest BCUT2D eigenvalue weighted by Gasteiger charge is 2.44. The number of carbonyl (C=O) groups excluding carboxylic acids is 1. The molecule has 71 heavy (non-hydrogen) atoms. The first-order valence-corrected chi connectivity index (χ1v) is 30.2. The van der Waals surface area contributed by atoms with Crippen LogP contribution in [0.15, 0.2) is 24.3 Å². The van der Waals surface area contributed by atoms with Gasteiger partial charge >= 0.3 is 0 Å². The number of nitrogens with one attached hydrogen (secondary N) is 1. The van der Waals surface area contributed by atoms with Gasteiger partial charge in [-0.3, -0.25) is 4.79 Å². The van der Waals surface area contributed by atoms with Gasteiger partial charge in [0.25, 0.3) is 0 Å². The molecule has 0 bridgehead atoms. The van der Waals surface area contributed by atoms with Crippen molar-refractivity contribution in [3.8, 4) is 0 Å². The van der Waals surface area contributed by atoms with Gasteiger partial charge in [0.05, 0.1) is 25.4 Å². The molecule has 0 aliphatic carbocycles. The quantitative estimate of drug-likeness (QED) is 0.0215. The van der Waals surface area contributed by atoms with Gasteiger partial charge in [0, 0.05) is 0 Å². The number of unbranched alkanes of at least 4 members (excludes halogenated alkanes) is 36. The van der Waals surface area contributed by atoms with Gasteiger partial charge in [-0.25, -0.2) is 0 Å². The molecule has 1 fully saturated rings. The van der Waals surface area contributed by atoms with Gasteiger partial charge in [0.15, 0.2) is 6.29 Å². The highest BCUT2D eigenvalue weighted by atomic mass is 16.7. The number of amides is 1. The zero-order valence-corrected chi connectivity index (χ0v) is 46.0. The first-order chi connectivity index (χ1) is 34.7. The molecule has 8 N–H and O–H groups in total. The molecule has 1 aliphatic heterocycles. The summed E-state index contributed by atoms with van der Waals surface area (Å²) < 4.78 is 11.1. The molecule has 0 spiro atoms. The Morgan fingerprint density at radius 3 is 1.21 bits per heavy atom. The van der Waals surface area contributed by atoms with Crippen LogP contribution in [-0.4, -0.2) is 110 Å². The Labute approximate surface area is 435 Å². The topological polar surface area (TPSA) is 189 Å². The summed E-state index contributed by atoms with van der Waals surface area (Å²) in [4.78, 5) is 13.1. The van der Waals surface area contributed by atoms with Crippen molar-refractivity contribution < 1.29 is 50.0 Å². The SMILES string of the molecule is CCCCCCC/C=C/CCCC(O)C(O)C(COC1OC(CO)C(O)C(O)C1O)NC(=O)C(O)CCCCCCCCCCCCCCCCCC/C=C\CCCCCCCCCCCCCCCC. The molecule has 1 aliphatic rings. The summed E-state index contributed by atoms with van der Waals surface area (Å²) in [6.45, 7) is 3.42. The van der Waals surface area contributed by atoms with E-state index in [-0.39, 0.29) is 12.8 Å². The van der Waals surface area contributed by atoms with Gasteiger partial charge in [-0.2, -0.15) is 0 Å². The fourth-order valence-corrected chi connectivity index (χ4v) is 9.79. The molecule has 9 atom stereocenters. The van der Waals surface area contributed by atoms with Crippen molar-refractivity contribution >= 4 is 5.91 Å². The highest BCUT2D eigenvalue weighted by Crippen LogP contribution is 2.23. The summed E-state index contributed by atoms with van der Waals surface area (Å²) >= 11 is 0. The smallest absolute Gasteiger partial charge is 0.249 e. The normalized spacial score (nSPS) is 20.3. The van der Waals surface area contributed by atoms with Gasteiger partial charge in [0.1, 0.15) is 36.6 Å². The maximum atomic E-state index is 13.1. The Hall–Kier alpha value is -1.41. The van der Waals surface area contributed by atoms with Crippen LogP contribution in [0.4, 0.5) is 0 Å². The average Bonchev–Trinajstić information content (AvgIpc) is 3.37. The van der Waals surface area contributed by atoms with Crippen molar-refractivity contribution in [2.45, 2.75) is 339 Å². The van der Waals surface area contributed by atoms with Crippen LogP contribution >= 0.6 is 0 Å². The van der Waals surface area contributed by atoms with E-state index in [2.05, 4.69) is 43.5 Å². The van der Waals surface area contributed by atoms with Crippen LogP contribution in [0.5, 0.6) is 0 Å². The molecular formula is C60H115NO10. The first-order valence-electron chi connectivity index (χ1n) is 30.2. The van der Waals surface area contributed by atoms with Crippen LogP contribution in [0.25, 0.3) is 0 Å². The number of hydrogen-bond donors (Lipinski definition) is 8. The van der Waals surface area contributed by atoms with Gasteiger partial charge in [-0.15, -0.1) is 0 Å². The van der Waals surface area contributed by atoms with Crippen molar-refractivity contribution in [1.82, 2.24) is 5.32 Å². The van der Waals surface area contributed by atoms with E-state index in [9.17, 15) is 40.5 Å². The summed E-state index contributed by atoms with van der Waals surface area (Å²) in [6, 6.07) is -1.18. The maximum Gasteiger partial charge on any atom is 0.249 e. The standard InChI is InChI=1S/C60H115NO10/c1-3-5-7-9-11-13-15-16-17-18-19-20-21-22-23-24-25-26-27-28-29-30-31-32-33-34-35-36-37-38-40-42-44-46-48-53(64)59(69)61-51(50-70-60-58(68)57(67)56(66)54(49-62)71-60)55(65)52(63)47-45-43-41-39-14-12-10-8-6-4-2/h24-25,39,41,51-58,60,62-68H,3-23,26-38,40,42-50H2,1-2H3,(H,61,69)/b25-24-,41-39+. The van der Waals surface area contributed by atoms with E-state index in [0.29, 0.717) is 12.8 Å². The molecule has 0 aromatic rings. The van der Waals surface area contributed by atoms with Crippen LogP contribution < -0.4 is 5.32 Å². The van der Waals surface area contributed by atoms with Crippen molar-refractivity contribution in [2.75, 3.05) is 13.2 Å². The summed E-state index contributed by atoms with van der Waals surface area (Å²) in [5.74, 6) is -0.704. The minimum Gasteiger partial charge on any atom is -0.394 e. The molecule has 11 nitrogen and oxygen atoms in total. The first kappa shape index (κ1) is 67.6. The van der Waals surface area contributed by atoms with Crippen molar-refractivity contribution in [3.63, 3.8) is 0 Å². The van der Waals surface area contributed by atoms with Crippen LogP contribution in [0.2, 0.25) is 0 Å². The van der Waals surface area contributed by atoms with Crippen molar-refractivity contribution in [3.05, 3.63) is 24.3 Å². The molecule has 11 heteroatoms. The van der Waals surface area contributed by atoms with Crippen LogP contribution in [0.1, 0.15) is 284 Å². The molecule has 9 unspecified atom stereocenters. The predicted octanol–water partition coefficient (Wildman–Crippen LogP) is 12.9. The lowest BCUT2D eigenvalue weighted by atomic mass is 9.98. The Morgan fingerprint density at radius 1 is 0.479 bits per heavy atom. The molecule has 0 radical (unpaired) electrons. The molecule has 0 aromatic carbocycles. The summed E-state index contributed by atoms with van der Waals surface area (Å²) in [5.41, 5.74) is 0. The highest BCUT2D eigenvalue weighted by molar-refractivity contribution is 5.80. The fraction of sp³-hybridized carbons (Fsp3) is 0.917. The van der Waals surface area contributed by atoms with E-state index in [1.807, 2.05) is 0 Å². The molecule has 1 amide bonds. The van der Waals surface area contributed by atoms with Gasteiger partial charge in [-0.1, -0.05) is 244 Å². The zero-order valence-electron chi connectivity index (χ0n) is 46.0. The lowest BCUT2D eigenvalue weighted by Crippen LogP contribution is -2.60. The second-order valence-corrected chi connectivity index (χ2v) is 21.4. The van der Waals surface area contributed by atoms with E-state index < -0.39 is 74.2 Å². The zero-order chi connectivity index (χ0) is 51.8. The lowest BCUT2D eigenvalue weighted by Gasteiger charge is -2.40. The minimum absolute atomic E-state index is 0.257. The molecule has 1 heterocycles. The molecule has 420 valence electrons. The van der Waals surface area contributed by atoms with Crippen molar-refractivity contribution in [2.24, 2.45) is 0 Å². The number of carbonyl (C=O) groups is 1. The predicted molar refractivity (Wildman–Crippen MR) is 293 cm³/mol. The Bertz CT molecular complexity index is 1200. The second kappa shape index (κ2) is 49.5. The Balaban J connectivity index is 2.13. The summed E-state index contributed by atoms with van der Waals surface area (Å²) in [6.07, 6.45) is 48.6. The number of allylic oxidation sites excluding steroid dienone is 4. The van der Waals surface area contributed by atoms with Gasteiger partial charge in [0.2, 0.25) is 5.91 Å². The van der Waals surface area contributed by atoms with E-state index in [1.165, 1.54) is 205 Å². The minimum atomic E-state index is -1.67. The number of hydrogen-bond acceptors (Lipinski definition) is 10. The number of rotatable bonds is 52. The maximum absolute atomic E-state index is 13.1. The Morgan fingerprint density at radius 2 is 0.831 bits per heavy atom. The second-order valence-electron chi connectivity index (χ2n) is 21.4. The molecule has 0 aromatic heterocycles. The van der Waals surface area contributed by atoms with E-state index >= 15 is 0 Å². The van der Waals surface area contributed by atoms with Crippen LogP contribution in [0, 0.1) is 0 Å². The number of ether oxygens (including phenoxy) is 2. The third-order valence-electron chi connectivity index (χ3n) is 14.7. The fourth-order valence-electron chi connectivity index (χ4n) is 9.79. The van der Waals surface area contributed by atoms with Crippen LogP contribution in [0.3, 0.4) is 0 Å².